The van der Waals surface area contributed by atoms with Crippen LogP contribution in [0.15, 0.2) is 29.2 Å². The summed E-state index contributed by atoms with van der Waals surface area (Å²) in [6.45, 7) is 5.46. The van der Waals surface area contributed by atoms with E-state index in [1.165, 1.54) is 30.4 Å². The fourth-order valence-corrected chi connectivity index (χ4v) is 5.07. The molecule has 0 saturated carbocycles. The van der Waals surface area contributed by atoms with E-state index in [4.69, 9.17) is 4.74 Å². The van der Waals surface area contributed by atoms with Crippen LogP contribution in [0.2, 0.25) is 0 Å². The SMILES string of the molecule is Cc1nc(N2CCOCC2)sc1C(=O)NNC(=O)[C@H](C)NS(=O)(=O)c1ccccc1F. The number of hydrogen-bond acceptors (Lipinski definition) is 8. The first-order valence-corrected chi connectivity index (χ1v) is 11.7. The number of morpholine rings is 1. The molecule has 1 atom stereocenters. The monoisotopic (exact) mass is 471 g/mol. The topological polar surface area (TPSA) is 130 Å². The largest absolute Gasteiger partial charge is 0.378 e. The van der Waals surface area contributed by atoms with Crippen LogP contribution in [0.1, 0.15) is 22.3 Å². The number of hydrazine groups is 1. The van der Waals surface area contributed by atoms with Crippen molar-refractivity contribution < 1.29 is 27.1 Å². The van der Waals surface area contributed by atoms with Crippen LogP contribution in [0.4, 0.5) is 9.52 Å². The number of nitrogens with one attached hydrogen (secondary N) is 3. The Balaban J connectivity index is 1.58. The van der Waals surface area contributed by atoms with E-state index < -0.39 is 38.6 Å². The molecule has 2 amide bonds. The second-order valence-corrected chi connectivity index (χ2v) is 9.39. The Bertz CT molecular complexity index is 1070. The van der Waals surface area contributed by atoms with Gasteiger partial charge in [-0.25, -0.2) is 17.8 Å². The number of carbonyl (C=O) groups excluding carboxylic acids is 2. The third kappa shape index (κ3) is 5.55. The van der Waals surface area contributed by atoms with Gasteiger partial charge in [-0.05, 0) is 26.0 Å². The molecular formula is C18H22FN5O5S2. The Morgan fingerprint density at radius 2 is 1.90 bits per heavy atom. The van der Waals surface area contributed by atoms with Crippen LogP contribution in [0.3, 0.4) is 0 Å². The van der Waals surface area contributed by atoms with Crippen molar-refractivity contribution in [3.05, 3.63) is 40.7 Å². The number of ether oxygens (including phenoxy) is 1. The molecule has 0 spiro atoms. The average Bonchev–Trinajstić information content (AvgIpc) is 3.14. The van der Waals surface area contributed by atoms with Crippen LogP contribution in [0.5, 0.6) is 0 Å². The van der Waals surface area contributed by atoms with E-state index in [0.29, 0.717) is 42.0 Å². The summed E-state index contributed by atoms with van der Waals surface area (Å²) in [7, 11) is -4.26. The molecule has 1 aromatic carbocycles. The number of amides is 2. The summed E-state index contributed by atoms with van der Waals surface area (Å²) < 4.78 is 45.7. The zero-order valence-corrected chi connectivity index (χ0v) is 18.5. The van der Waals surface area contributed by atoms with Gasteiger partial charge in [-0.15, -0.1) is 0 Å². The standard InChI is InChI=1S/C18H22FN5O5S2/c1-11-15(30-18(20-11)24-7-9-29-10-8-24)17(26)22-21-16(25)12(2)23-31(27,28)14-6-4-3-5-13(14)19/h3-6,12,23H,7-10H2,1-2H3,(H,21,25)(H,22,26)/t12-/m0/s1. The molecule has 1 aliphatic heterocycles. The van der Waals surface area contributed by atoms with Crippen LogP contribution in [0, 0.1) is 12.7 Å². The van der Waals surface area contributed by atoms with Crippen LogP contribution in [0.25, 0.3) is 0 Å². The van der Waals surface area contributed by atoms with E-state index in [0.717, 1.165) is 12.1 Å². The summed E-state index contributed by atoms with van der Waals surface area (Å²) in [5, 5.41) is 0.684. The normalized spacial score (nSPS) is 15.4. The molecule has 3 rings (SSSR count). The van der Waals surface area contributed by atoms with Crippen LogP contribution in [-0.4, -0.2) is 57.6 Å². The molecule has 0 bridgehead atoms. The molecule has 3 N–H and O–H groups in total. The number of sulfonamides is 1. The lowest BCUT2D eigenvalue weighted by molar-refractivity contribution is -0.123. The maximum absolute atomic E-state index is 13.8. The van der Waals surface area contributed by atoms with Gasteiger partial charge in [0, 0.05) is 13.1 Å². The first-order chi connectivity index (χ1) is 14.7. The zero-order chi connectivity index (χ0) is 22.6. The first kappa shape index (κ1) is 23.1. The number of anilines is 1. The lowest BCUT2D eigenvalue weighted by Gasteiger charge is -2.25. The molecule has 2 heterocycles. The van der Waals surface area contributed by atoms with E-state index in [-0.39, 0.29) is 0 Å². The van der Waals surface area contributed by atoms with Gasteiger partial charge in [0.05, 0.1) is 24.9 Å². The van der Waals surface area contributed by atoms with Crippen molar-refractivity contribution in [2.24, 2.45) is 0 Å². The number of aryl methyl sites for hydroxylation is 1. The number of rotatable bonds is 6. The van der Waals surface area contributed by atoms with Gasteiger partial charge in [0.2, 0.25) is 10.0 Å². The van der Waals surface area contributed by atoms with Gasteiger partial charge in [0.15, 0.2) is 5.13 Å². The quantitative estimate of drug-likeness (QED) is 0.525. The van der Waals surface area contributed by atoms with Gasteiger partial charge in [-0.2, -0.15) is 4.72 Å². The second kappa shape index (κ2) is 9.68. The van der Waals surface area contributed by atoms with Crippen molar-refractivity contribution in [2.75, 3.05) is 31.2 Å². The summed E-state index contributed by atoms with van der Waals surface area (Å²) in [6.07, 6.45) is 0. The number of benzene rings is 1. The summed E-state index contributed by atoms with van der Waals surface area (Å²) in [6, 6.07) is 3.54. The highest BCUT2D eigenvalue weighted by atomic mass is 32.2. The lowest BCUT2D eigenvalue weighted by Crippen LogP contribution is -2.51. The van der Waals surface area contributed by atoms with Crippen LogP contribution < -0.4 is 20.5 Å². The smallest absolute Gasteiger partial charge is 0.281 e. The van der Waals surface area contributed by atoms with E-state index in [2.05, 4.69) is 20.6 Å². The fraction of sp³-hybridized carbons (Fsp3) is 0.389. The molecule has 168 valence electrons. The number of aromatic nitrogens is 1. The summed E-state index contributed by atoms with van der Waals surface area (Å²) in [5.41, 5.74) is 4.93. The van der Waals surface area contributed by atoms with Gasteiger partial charge in [0.1, 0.15) is 15.6 Å². The Kier molecular flexibility index (Phi) is 7.20. The molecule has 13 heteroatoms. The molecule has 1 aliphatic rings. The minimum atomic E-state index is -4.26. The maximum Gasteiger partial charge on any atom is 0.281 e. The van der Waals surface area contributed by atoms with Crippen LogP contribution in [-0.2, 0) is 19.6 Å². The Hall–Kier alpha value is -2.61. The Morgan fingerprint density at radius 1 is 1.23 bits per heavy atom. The molecule has 1 aromatic heterocycles. The second-order valence-electron chi connectivity index (χ2n) is 6.73. The number of hydrogen-bond donors (Lipinski definition) is 3. The first-order valence-electron chi connectivity index (χ1n) is 9.36. The van der Waals surface area contributed by atoms with Crippen molar-refractivity contribution in [3.8, 4) is 0 Å². The highest BCUT2D eigenvalue weighted by Crippen LogP contribution is 2.26. The summed E-state index contributed by atoms with van der Waals surface area (Å²) in [4.78, 5) is 30.8. The molecule has 0 unspecified atom stereocenters. The minimum absolute atomic E-state index is 0.321. The number of carbonyl (C=O) groups is 2. The molecule has 2 aromatic rings. The average molecular weight is 472 g/mol. The molecule has 0 radical (unpaired) electrons. The molecule has 1 fully saturated rings. The number of halogens is 1. The van der Waals surface area contributed by atoms with Gasteiger partial charge < -0.3 is 9.64 Å². The van der Waals surface area contributed by atoms with E-state index in [9.17, 15) is 22.4 Å². The van der Waals surface area contributed by atoms with Crippen LogP contribution >= 0.6 is 11.3 Å². The Morgan fingerprint density at radius 3 is 2.58 bits per heavy atom. The third-order valence-corrected chi connectivity index (χ3v) is 7.21. The minimum Gasteiger partial charge on any atom is -0.378 e. The number of nitrogens with zero attached hydrogens (tertiary/aromatic N) is 2. The van der Waals surface area contributed by atoms with E-state index >= 15 is 0 Å². The summed E-state index contributed by atoms with van der Waals surface area (Å²) >= 11 is 1.19. The molecule has 10 nitrogen and oxygen atoms in total. The van der Waals surface area contributed by atoms with Crippen molar-refractivity contribution in [2.45, 2.75) is 24.8 Å². The highest BCUT2D eigenvalue weighted by Gasteiger charge is 2.25. The van der Waals surface area contributed by atoms with Gasteiger partial charge in [0.25, 0.3) is 11.8 Å². The third-order valence-electron chi connectivity index (χ3n) is 4.42. The number of thiazole rings is 1. The van der Waals surface area contributed by atoms with Crippen molar-refractivity contribution in [3.63, 3.8) is 0 Å². The van der Waals surface area contributed by atoms with E-state index in [1.807, 2.05) is 4.90 Å². The van der Waals surface area contributed by atoms with Crippen molar-refractivity contribution >= 4 is 38.3 Å². The predicted octanol–water partition coefficient (Wildman–Crippen LogP) is 0.555. The fourth-order valence-electron chi connectivity index (χ4n) is 2.78. The van der Waals surface area contributed by atoms with Gasteiger partial charge >= 0.3 is 0 Å². The lowest BCUT2D eigenvalue weighted by atomic mass is 10.3. The maximum atomic E-state index is 13.8. The highest BCUT2D eigenvalue weighted by molar-refractivity contribution is 7.89. The molecule has 0 aliphatic carbocycles. The van der Waals surface area contributed by atoms with Crippen molar-refractivity contribution in [1.82, 2.24) is 20.6 Å². The van der Waals surface area contributed by atoms with Gasteiger partial charge in [-0.3, -0.25) is 20.4 Å². The summed E-state index contributed by atoms with van der Waals surface area (Å²) in [5.74, 6) is -2.33. The molecule has 31 heavy (non-hydrogen) atoms. The van der Waals surface area contributed by atoms with E-state index in [1.54, 1.807) is 6.92 Å². The van der Waals surface area contributed by atoms with Gasteiger partial charge in [-0.1, -0.05) is 23.5 Å². The Labute approximate surface area is 182 Å². The van der Waals surface area contributed by atoms with Crippen molar-refractivity contribution in [1.29, 1.82) is 0 Å². The molecular weight excluding hydrogens is 449 g/mol. The molecule has 1 saturated heterocycles. The zero-order valence-electron chi connectivity index (χ0n) is 16.8. The predicted molar refractivity (Wildman–Crippen MR) is 112 cm³/mol.